The van der Waals surface area contributed by atoms with Gasteiger partial charge in [-0.2, -0.15) is 0 Å². The van der Waals surface area contributed by atoms with Gasteiger partial charge in [-0.15, -0.1) is 0 Å². The van der Waals surface area contributed by atoms with Gasteiger partial charge in [0.05, 0.1) is 25.4 Å². The summed E-state index contributed by atoms with van der Waals surface area (Å²) >= 11 is 0. The normalized spacial score (nSPS) is 12.7. The fourth-order valence-electron chi connectivity index (χ4n) is 11.9. The fourth-order valence-corrected chi connectivity index (χ4v) is 11.9. The minimum atomic E-state index is -0.846. The Labute approximate surface area is 519 Å². The first-order chi connectivity index (χ1) is 41.0. The molecule has 0 bridgehead atoms. The number of rotatable bonds is 71. The summed E-state index contributed by atoms with van der Waals surface area (Å²) in [4.78, 5) is 24.6. The molecule has 0 rings (SSSR count). The van der Waals surface area contributed by atoms with E-state index in [1.165, 1.54) is 347 Å². The minimum absolute atomic E-state index is 0.00876. The number of carbonyl (C=O) groups is 2. The Kier molecular flexibility index (Phi) is 70.9. The maximum atomic E-state index is 12.5. The second-order valence-corrected chi connectivity index (χ2v) is 26.0. The molecule has 0 aliphatic carbocycles. The summed E-state index contributed by atoms with van der Waals surface area (Å²) in [5.41, 5.74) is 0. The van der Waals surface area contributed by atoms with Crippen LogP contribution in [0.1, 0.15) is 418 Å². The van der Waals surface area contributed by atoms with Gasteiger partial charge in [-0.25, -0.2) is 0 Å². The number of esters is 1. The summed E-state index contributed by atoms with van der Waals surface area (Å²) in [6.07, 6.45) is 93.8. The van der Waals surface area contributed by atoms with Crippen LogP contribution in [0.15, 0.2) is 36.5 Å². The highest BCUT2D eigenvalue weighted by Crippen LogP contribution is 2.19. The molecule has 0 spiro atoms. The number of nitrogens with one attached hydrogen (secondary N) is 1. The lowest BCUT2D eigenvalue weighted by atomic mass is 10.0. The van der Waals surface area contributed by atoms with E-state index in [2.05, 4.69) is 43.5 Å². The molecule has 0 heterocycles. The van der Waals surface area contributed by atoms with Crippen molar-refractivity contribution in [1.29, 1.82) is 0 Å². The Hall–Kier alpha value is -1.92. The Morgan fingerprint density at radius 2 is 0.566 bits per heavy atom. The fraction of sp³-hybridized carbons (Fsp3) is 0.896. The molecule has 0 fully saturated rings. The maximum absolute atomic E-state index is 12.5. The van der Waals surface area contributed by atoms with Crippen LogP contribution in [0, 0.1) is 0 Å². The van der Waals surface area contributed by atoms with Crippen LogP contribution in [0.5, 0.6) is 0 Å². The molecular weight excluding hydrogens is 1020 g/mol. The summed E-state index contributed by atoms with van der Waals surface area (Å²) in [7, 11) is 0. The van der Waals surface area contributed by atoms with Crippen LogP contribution < -0.4 is 5.32 Å². The molecule has 2 atom stereocenters. The van der Waals surface area contributed by atoms with Crippen LogP contribution in [0.2, 0.25) is 0 Å². The third-order valence-corrected chi connectivity index (χ3v) is 17.6. The first-order valence-electron chi connectivity index (χ1n) is 37.8. The van der Waals surface area contributed by atoms with E-state index in [0.717, 1.165) is 44.9 Å². The molecule has 0 saturated heterocycles. The van der Waals surface area contributed by atoms with E-state index < -0.39 is 12.1 Å². The van der Waals surface area contributed by atoms with Gasteiger partial charge >= 0.3 is 5.97 Å². The van der Waals surface area contributed by atoms with Crippen LogP contribution in [0.3, 0.4) is 0 Å². The third-order valence-electron chi connectivity index (χ3n) is 17.6. The standard InChI is InChI=1S/C77H147NO5/c1-3-5-7-9-11-13-15-17-19-21-22-23-32-35-38-41-45-49-53-57-61-65-69-75(80)74(73-79)78-76(81)70-66-62-58-54-50-46-42-39-36-33-30-28-26-24-25-27-29-31-34-37-40-44-48-52-56-60-64-68-72-83-77(82)71-67-63-59-55-51-47-43-20-18-16-14-12-10-8-6-4-2/h20,24-25,43,65,69,74-75,79-80H,3-19,21-23,26-42,44-64,66-68,70-73H2,1-2H3,(H,78,81)/b25-24-,43-20-,69-65+. The van der Waals surface area contributed by atoms with Crippen LogP contribution in [0.25, 0.3) is 0 Å². The highest BCUT2D eigenvalue weighted by Gasteiger charge is 2.18. The van der Waals surface area contributed by atoms with E-state index in [1.54, 1.807) is 6.08 Å². The molecule has 0 aromatic heterocycles. The first-order valence-corrected chi connectivity index (χ1v) is 37.8. The monoisotopic (exact) mass is 1170 g/mol. The Morgan fingerprint density at radius 1 is 0.325 bits per heavy atom. The third kappa shape index (κ3) is 69.1. The van der Waals surface area contributed by atoms with E-state index in [0.29, 0.717) is 19.4 Å². The summed E-state index contributed by atoms with van der Waals surface area (Å²) in [5.74, 6) is -0.0550. The zero-order chi connectivity index (χ0) is 59.9. The minimum Gasteiger partial charge on any atom is -0.466 e. The molecule has 2 unspecified atom stereocenters. The molecule has 0 aliphatic rings. The van der Waals surface area contributed by atoms with Gasteiger partial charge in [0.15, 0.2) is 0 Å². The lowest BCUT2D eigenvalue weighted by Crippen LogP contribution is -2.45. The summed E-state index contributed by atoms with van der Waals surface area (Å²) < 4.78 is 5.50. The van der Waals surface area contributed by atoms with Crippen LogP contribution in [-0.4, -0.2) is 47.4 Å². The molecular formula is C77H147NO5. The lowest BCUT2D eigenvalue weighted by molar-refractivity contribution is -0.143. The quantitative estimate of drug-likeness (QED) is 0.0320. The van der Waals surface area contributed by atoms with E-state index in [4.69, 9.17) is 4.74 Å². The van der Waals surface area contributed by atoms with Gasteiger partial charge in [0.1, 0.15) is 0 Å². The molecule has 490 valence electrons. The van der Waals surface area contributed by atoms with Crippen molar-refractivity contribution in [3.05, 3.63) is 36.5 Å². The average molecular weight is 1170 g/mol. The van der Waals surface area contributed by atoms with Crippen molar-refractivity contribution in [1.82, 2.24) is 5.32 Å². The zero-order valence-electron chi connectivity index (χ0n) is 56.2. The predicted octanol–water partition coefficient (Wildman–Crippen LogP) is 24.7. The first kappa shape index (κ1) is 81.1. The molecule has 6 heteroatoms. The number of aliphatic hydroxyl groups is 2. The van der Waals surface area contributed by atoms with Gasteiger partial charge in [-0.1, -0.05) is 359 Å². The van der Waals surface area contributed by atoms with Gasteiger partial charge in [0.2, 0.25) is 5.91 Å². The van der Waals surface area contributed by atoms with Gasteiger partial charge in [-0.3, -0.25) is 9.59 Å². The van der Waals surface area contributed by atoms with Crippen molar-refractivity contribution in [2.45, 2.75) is 431 Å². The molecule has 0 aliphatic heterocycles. The van der Waals surface area contributed by atoms with E-state index in [9.17, 15) is 19.8 Å². The molecule has 83 heavy (non-hydrogen) atoms. The molecule has 0 radical (unpaired) electrons. The van der Waals surface area contributed by atoms with Crippen molar-refractivity contribution in [2.24, 2.45) is 0 Å². The van der Waals surface area contributed by atoms with Crippen LogP contribution >= 0.6 is 0 Å². The Morgan fingerprint density at radius 3 is 0.855 bits per heavy atom. The number of allylic oxidation sites excluding steroid dienone is 5. The van der Waals surface area contributed by atoms with Crippen molar-refractivity contribution in [3.8, 4) is 0 Å². The Balaban J connectivity index is 3.40. The van der Waals surface area contributed by atoms with E-state index >= 15 is 0 Å². The highest BCUT2D eigenvalue weighted by molar-refractivity contribution is 5.76. The summed E-state index contributed by atoms with van der Waals surface area (Å²) in [6, 6.07) is -0.629. The van der Waals surface area contributed by atoms with E-state index in [-0.39, 0.29) is 18.5 Å². The van der Waals surface area contributed by atoms with Gasteiger partial charge in [0.25, 0.3) is 0 Å². The second kappa shape index (κ2) is 72.6. The topological polar surface area (TPSA) is 95.9 Å². The second-order valence-electron chi connectivity index (χ2n) is 26.0. The van der Waals surface area contributed by atoms with E-state index in [1.807, 2.05) is 6.08 Å². The number of hydrogen-bond acceptors (Lipinski definition) is 5. The smallest absolute Gasteiger partial charge is 0.305 e. The van der Waals surface area contributed by atoms with Crippen LogP contribution in [0.4, 0.5) is 0 Å². The number of hydrogen-bond donors (Lipinski definition) is 3. The van der Waals surface area contributed by atoms with Crippen molar-refractivity contribution < 1.29 is 24.5 Å². The molecule has 0 aromatic carbocycles. The number of unbranched alkanes of at least 4 members (excludes halogenated alkanes) is 56. The van der Waals surface area contributed by atoms with Gasteiger partial charge in [0, 0.05) is 12.8 Å². The number of amides is 1. The summed E-state index contributed by atoms with van der Waals surface area (Å²) in [6.45, 7) is 4.94. The number of aliphatic hydroxyl groups excluding tert-OH is 2. The van der Waals surface area contributed by atoms with Crippen molar-refractivity contribution >= 4 is 11.9 Å². The number of carbonyl (C=O) groups excluding carboxylic acids is 2. The summed E-state index contributed by atoms with van der Waals surface area (Å²) in [5, 5.41) is 23.3. The van der Waals surface area contributed by atoms with Crippen LogP contribution in [-0.2, 0) is 14.3 Å². The predicted molar refractivity (Wildman–Crippen MR) is 366 cm³/mol. The van der Waals surface area contributed by atoms with Gasteiger partial charge < -0.3 is 20.3 Å². The lowest BCUT2D eigenvalue weighted by Gasteiger charge is -2.20. The average Bonchev–Trinajstić information content (AvgIpc) is 3.49. The molecule has 6 nitrogen and oxygen atoms in total. The SMILES string of the molecule is CCCCCCCCC/C=C\CCCCCCCC(=O)OCCCCCCCCCCCCCC/C=C\CCCCCCCCCCCCCCC(=O)NC(CO)C(O)/C=C/CCCCCCCCCCCCCCCCCCCCCC. The largest absolute Gasteiger partial charge is 0.466 e. The zero-order valence-corrected chi connectivity index (χ0v) is 56.2. The number of ether oxygens (including phenoxy) is 1. The highest BCUT2D eigenvalue weighted by atomic mass is 16.5. The molecule has 3 N–H and O–H groups in total. The van der Waals surface area contributed by atoms with Crippen molar-refractivity contribution in [3.63, 3.8) is 0 Å². The molecule has 0 aromatic rings. The Bertz CT molecular complexity index is 1340. The van der Waals surface area contributed by atoms with Gasteiger partial charge in [-0.05, 0) is 83.5 Å². The van der Waals surface area contributed by atoms with Crippen molar-refractivity contribution in [2.75, 3.05) is 13.2 Å². The molecule has 1 amide bonds. The maximum Gasteiger partial charge on any atom is 0.305 e. The molecule has 0 saturated carbocycles.